The summed E-state index contributed by atoms with van der Waals surface area (Å²) in [5.41, 5.74) is 1.08. The quantitative estimate of drug-likeness (QED) is 0.758. The molecule has 21 heavy (non-hydrogen) atoms. The highest BCUT2D eigenvalue weighted by Crippen LogP contribution is 2.25. The fourth-order valence-corrected chi connectivity index (χ4v) is 1.93. The minimum Gasteiger partial charge on any atom is -0.493 e. The number of benzene rings is 1. The lowest BCUT2D eigenvalue weighted by atomic mass is 10.3. The van der Waals surface area contributed by atoms with Gasteiger partial charge >= 0.3 is 0 Å². The largest absolute Gasteiger partial charge is 0.493 e. The normalized spacial score (nSPS) is 12.1. The molecule has 0 saturated carbocycles. The standard InChI is InChI=1S/C15H21N3O3/c1-18-10-12(8-17-18)7-16-9-13(19)11-21-15-6-4-3-5-14(15)20-2/h3-6,8,10,13,16,19H,7,9,11H2,1-2H3. The van der Waals surface area contributed by atoms with Gasteiger partial charge in [-0.1, -0.05) is 12.1 Å². The van der Waals surface area contributed by atoms with Crippen LogP contribution >= 0.6 is 0 Å². The van der Waals surface area contributed by atoms with Crippen LogP contribution in [0.1, 0.15) is 5.56 Å². The first-order chi connectivity index (χ1) is 10.2. The number of methoxy groups -OCH3 is 1. The van der Waals surface area contributed by atoms with Crippen molar-refractivity contribution in [1.82, 2.24) is 15.1 Å². The third-order valence-electron chi connectivity index (χ3n) is 2.97. The van der Waals surface area contributed by atoms with Gasteiger partial charge < -0.3 is 19.9 Å². The number of nitrogens with one attached hydrogen (secondary N) is 1. The third-order valence-corrected chi connectivity index (χ3v) is 2.97. The van der Waals surface area contributed by atoms with E-state index in [0.29, 0.717) is 24.6 Å². The first-order valence-electron chi connectivity index (χ1n) is 6.81. The smallest absolute Gasteiger partial charge is 0.161 e. The SMILES string of the molecule is COc1ccccc1OCC(O)CNCc1cnn(C)c1. The van der Waals surface area contributed by atoms with E-state index < -0.39 is 6.10 Å². The average Bonchev–Trinajstić information content (AvgIpc) is 2.91. The van der Waals surface area contributed by atoms with Gasteiger partial charge in [0.05, 0.1) is 13.3 Å². The molecule has 114 valence electrons. The predicted molar refractivity (Wildman–Crippen MR) is 79.4 cm³/mol. The van der Waals surface area contributed by atoms with Crippen molar-refractivity contribution in [3.8, 4) is 11.5 Å². The Morgan fingerprint density at radius 3 is 2.76 bits per heavy atom. The molecule has 2 aromatic rings. The molecular weight excluding hydrogens is 270 g/mol. The van der Waals surface area contributed by atoms with E-state index in [2.05, 4.69) is 10.4 Å². The lowest BCUT2D eigenvalue weighted by Crippen LogP contribution is -2.31. The van der Waals surface area contributed by atoms with Gasteiger partial charge in [-0.05, 0) is 12.1 Å². The summed E-state index contributed by atoms with van der Waals surface area (Å²) in [5, 5.41) is 17.2. The number of aryl methyl sites for hydroxylation is 1. The van der Waals surface area contributed by atoms with Crippen molar-refractivity contribution >= 4 is 0 Å². The van der Waals surface area contributed by atoms with E-state index in [1.165, 1.54) is 0 Å². The molecule has 2 rings (SSSR count). The van der Waals surface area contributed by atoms with Gasteiger partial charge in [0.25, 0.3) is 0 Å². The van der Waals surface area contributed by atoms with Crippen molar-refractivity contribution in [2.45, 2.75) is 12.6 Å². The van der Waals surface area contributed by atoms with Gasteiger partial charge in [-0.25, -0.2) is 0 Å². The van der Waals surface area contributed by atoms with Gasteiger partial charge in [-0.3, -0.25) is 4.68 Å². The molecule has 6 heteroatoms. The second kappa shape index (κ2) is 7.66. The van der Waals surface area contributed by atoms with Gasteiger partial charge in [-0.2, -0.15) is 5.10 Å². The molecular formula is C15H21N3O3. The molecule has 1 aromatic heterocycles. The third kappa shape index (κ3) is 4.77. The molecule has 2 N–H and O–H groups in total. The van der Waals surface area contributed by atoms with Gasteiger partial charge in [-0.15, -0.1) is 0 Å². The van der Waals surface area contributed by atoms with E-state index in [9.17, 15) is 5.11 Å². The van der Waals surface area contributed by atoms with Crippen LogP contribution in [0, 0.1) is 0 Å². The fourth-order valence-electron chi connectivity index (χ4n) is 1.93. The Labute approximate surface area is 124 Å². The van der Waals surface area contributed by atoms with E-state index in [4.69, 9.17) is 9.47 Å². The Morgan fingerprint density at radius 1 is 1.33 bits per heavy atom. The van der Waals surface area contributed by atoms with Crippen LogP contribution in [0.3, 0.4) is 0 Å². The van der Waals surface area contributed by atoms with Crippen LogP contribution < -0.4 is 14.8 Å². The Bertz CT molecular complexity index is 557. The number of aliphatic hydroxyl groups excluding tert-OH is 1. The maximum absolute atomic E-state index is 9.91. The predicted octanol–water partition coefficient (Wildman–Crippen LogP) is 0.958. The molecule has 0 saturated heterocycles. The molecule has 0 spiro atoms. The molecule has 6 nitrogen and oxygen atoms in total. The summed E-state index contributed by atoms with van der Waals surface area (Å²) in [6.45, 7) is 1.32. The first kappa shape index (κ1) is 15.3. The lowest BCUT2D eigenvalue weighted by Gasteiger charge is -2.14. The molecule has 0 fully saturated rings. The highest BCUT2D eigenvalue weighted by atomic mass is 16.5. The van der Waals surface area contributed by atoms with E-state index in [0.717, 1.165) is 5.56 Å². The van der Waals surface area contributed by atoms with Gasteiger partial charge in [0.2, 0.25) is 0 Å². The van der Waals surface area contributed by atoms with E-state index in [1.807, 2.05) is 37.5 Å². The zero-order valence-corrected chi connectivity index (χ0v) is 12.3. The maximum Gasteiger partial charge on any atom is 0.161 e. The van der Waals surface area contributed by atoms with Crippen molar-refractivity contribution < 1.29 is 14.6 Å². The van der Waals surface area contributed by atoms with Crippen molar-refractivity contribution in [2.24, 2.45) is 7.05 Å². The maximum atomic E-state index is 9.91. The van der Waals surface area contributed by atoms with Crippen LogP contribution in [0.15, 0.2) is 36.7 Å². The number of rotatable bonds is 8. The van der Waals surface area contributed by atoms with Gasteiger partial charge in [0.15, 0.2) is 11.5 Å². The fraction of sp³-hybridized carbons (Fsp3) is 0.400. The Balaban J connectivity index is 1.71. The van der Waals surface area contributed by atoms with Crippen LogP contribution in [0.4, 0.5) is 0 Å². The number of hydrogen-bond donors (Lipinski definition) is 2. The summed E-state index contributed by atoms with van der Waals surface area (Å²) < 4.78 is 12.5. The lowest BCUT2D eigenvalue weighted by molar-refractivity contribution is 0.104. The molecule has 0 aliphatic rings. The summed E-state index contributed by atoms with van der Waals surface area (Å²) in [4.78, 5) is 0. The van der Waals surface area contributed by atoms with Crippen LogP contribution in [-0.2, 0) is 13.6 Å². The number of para-hydroxylation sites is 2. The molecule has 1 heterocycles. The minimum absolute atomic E-state index is 0.209. The van der Waals surface area contributed by atoms with Crippen LogP contribution in [-0.4, -0.2) is 41.3 Å². The van der Waals surface area contributed by atoms with Crippen LogP contribution in [0.25, 0.3) is 0 Å². The number of nitrogens with zero attached hydrogens (tertiary/aromatic N) is 2. The molecule has 0 amide bonds. The highest BCUT2D eigenvalue weighted by molar-refractivity contribution is 5.39. The number of hydrogen-bond acceptors (Lipinski definition) is 5. The van der Waals surface area contributed by atoms with E-state index >= 15 is 0 Å². The molecule has 0 bridgehead atoms. The van der Waals surface area contributed by atoms with Crippen molar-refractivity contribution in [3.05, 3.63) is 42.2 Å². The Kier molecular flexibility index (Phi) is 5.59. The number of aromatic nitrogens is 2. The van der Waals surface area contributed by atoms with Crippen molar-refractivity contribution in [1.29, 1.82) is 0 Å². The monoisotopic (exact) mass is 291 g/mol. The Morgan fingerprint density at radius 2 is 2.10 bits per heavy atom. The summed E-state index contributed by atoms with van der Waals surface area (Å²) in [6, 6.07) is 7.37. The van der Waals surface area contributed by atoms with Crippen molar-refractivity contribution in [3.63, 3.8) is 0 Å². The Hall–Kier alpha value is -2.05. The number of aliphatic hydroxyl groups is 1. The average molecular weight is 291 g/mol. The second-order valence-corrected chi connectivity index (χ2v) is 4.77. The molecule has 1 atom stereocenters. The summed E-state index contributed by atoms with van der Waals surface area (Å²) in [7, 11) is 3.47. The molecule has 0 radical (unpaired) electrons. The molecule has 0 aliphatic carbocycles. The van der Waals surface area contributed by atoms with E-state index in [1.54, 1.807) is 18.0 Å². The zero-order valence-electron chi connectivity index (χ0n) is 12.3. The zero-order chi connectivity index (χ0) is 15.1. The molecule has 1 aromatic carbocycles. The minimum atomic E-state index is -0.591. The first-order valence-corrected chi connectivity index (χ1v) is 6.81. The topological polar surface area (TPSA) is 68.5 Å². The highest BCUT2D eigenvalue weighted by Gasteiger charge is 2.08. The van der Waals surface area contributed by atoms with Crippen molar-refractivity contribution in [2.75, 3.05) is 20.3 Å². The molecule has 0 aliphatic heterocycles. The second-order valence-electron chi connectivity index (χ2n) is 4.77. The van der Waals surface area contributed by atoms with Crippen LogP contribution in [0.2, 0.25) is 0 Å². The van der Waals surface area contributed by atoms with Gasteiger partial charge in [0, 0.05) is 31.9 Å². The summed E-state index contributed by atoms with van der Waals surface area (Å²) in [6.07, 6.45) is 3.14. The summed E-state index contributed by atoms with van der Waals surface area (Å²) in [5.74, 6) is 1.29. The van der Waals surface area contributed by atoms with Gasteiger partial charge in [0.1, 0.15) is 12.7 Å². The number of ether oxygens (including phenoxy) is 2. The van der Waals surface area contributed by atoms with E-state index in [-0.39, 0.29) is 6.61 Å². The van der Waals surface area contributed by atoms with Crippen LogP contribution in [0.5, 0.6) is 11.5 Å². The summed E-state index contributed by atoms with van der Waals surface area (Å²) >= 11 is 0. The molecule has 1 unspecified atom stereocenters.